The average molecular weight is 342 g/mol. The van der Waals surface area contributed by atoms with Crippen molar-refractivity contribution in [1.29, 1.82) is 0 Å². The van der Waals surface area contributed by atoms with Crippen LogP contribution in [0.25, 0.3) is 11.1 Å². The van der Waals surface area contributed by atoms with E-state index in [1.165, 1.54) is 0 Å². The van der Waals surface area contributed by atoms with Gasteiger partial charge in [0.05, 0.1) is 6.10 Å². The number of fused-ring (bicyclic) bond motifs is 1. The summed E-state index contributed by atoms with van der Waals surface area (Å²) in [6, 6.07) is 2.70. The molecule has 24 heavy (non-hydrogen) atoms. The molecule has 0 aliphatic heterocycles. The summed E-state index contributed by atoms with van der Waals surface area (Å²) in [6.45, 7) is 4.26. The van der Waals surface area contributed by atoms with Crippen LogP contribution in [-0.4, -0.2) is 22.7 Å². The second-order valence-corrected chi connectivity index (χ2v) is 6.73. The van der Waals surface area contributed by atoms with Gasteiger partial charge in [-0.05, 0) is 36.5 Å². The Morgan fingerprint density at radius 2 is 2.04 bits per heavy atom. The van der Waals surface area contributed by atoms with Crippen LogP contribution in [0.1, 0.15) is 49.6 Å². The van der Waals surface area contributed by atoms with E-state index in [-0.39, 0.29) is 23.6 Å². The Labute approximate surface area is 138 Å². The molecule has 1 aliphatic rings. The first-order valence-corrected chi connectivity index (χ1v) is 8.15. The maximum Gasteiger partial charge on any atom is 0.420 e. The number of halogens is 3. The fourth-order valence-corrected chi connectivity index (χ4v) is 2.68. The Bertz CT molecular complexity index is 720. The van der Waals surface area contributed by atoms with Crippen molar-refractivity contribution < 1.29 is 22.7 Å². The topological polar surface area (TPSA) is 58.3 Å². The first kappa shape index (κ1) is 17.2. The molecule has 1 heterocycles. The second-order valence-electron chi connectivity index (χ2n) is 6.73. The van der Waals surface area contributed by atoms with E-state index in [4.69, 9.17) is 4.42 Å². The van der Waals surface area contributed by atoms with Crippen LogP contribution in [0.3, 0.4) is 0 Å². The molecule has 1 fully saturated rings. The van der Waals surface area contributed by atoms with Crippen LogP contribution in [0.15, 0.2) is 16.5 Å². The van der Waals surface area contributed by atoms with Crippen molar-refractivity contribution in [3.63, 3.8) is 0 Å². The third-order valence-electron chi connectivity index (χ3n) is 4.21. The van der Waals surface area contributed by atoms with Crippen LogP contribution in [0, 0.1) is 5.92 Å². The molecule has 1 aromatic heterocycles. The van der Waals surface area contributed by atoms with Crippen molar-refractivity contribution in [2.24, 2.45) is 5.92 Å². The minimum absolute atomic E-state index is 0.0891. The molecule has 0 bridgehead atoms. The molecule has 1 atom stereocenters. The molecule has 1 aliphatic carbocycles. The molecule has 1 saturated carbocycles. The molecule has 0 radical (unpaired) electrons. The molecule has 1 aromatic carbocycles. The fraction of sp³-hybridized carbons (Fsp3) is 0.588. The Morgan fingerprint density at radius 1 is 1.33 bits per heavy atom. The lowest BCUT2D eigenvalue weighted by Gasteiger charge is -2.12. The van der Waals surface area contributed by atoms with Crippen molar-refractivity contribution >= 4 is 11.1 Å². The van der Waals surface area contributed by atoms with E-state index in [9.17, 15) is 18.3 Å². The first-order chi connectivity index (χ1) is 11.3. The van der Waals surface area contributed by atoms with E-state index in [1.54, 1.807) is 6.07 Å². The first-order valence-electron chi connectivity index (χ1n) is 8.15. The van der Waals surface area contributed by atoms with E-state index in [0.29, 0.717) is 23.9 Å². The molecule has 3 rings (SSSR count). The van der Waals surface area contributed by atoms with Gasteiger partial charge in [-0.3, -0.25) is 0 Å². The predicted octanol–water partition coefficient (Wildman–Crippen LogP) is 3.83. The third-order valence-corrected chi connectivity index (χ3v) is 4.21. The summed E-state index contributed by atoms with van der Waals surface area (Å²) in [5.41, 5.74) is -0.332. The quantitative estimate of drug-likeness (QED) is 0.838. The maximum atomic E-state index is 13.3. The van der Waals surface area contributed by atoms with Gasteiger partial charge in [0, 0.05) is 19.0 Å². The van der Waals surface area contributed by atoms with E-state index >= 15 is 0 Å². The maximum absolute atomic E-state index is 13.3. The number of oxazole rings is 1. The number of benzene rings is 1. The summed E-state index contributed by atoms with van der Waals surface area (Å²) in [5.74, 6) is 0.536. The highest BCUT2D eigenvalue weighted by Crippen LogP contribution is 2.37. The highest BCUT2D eigenvalue weighted by atomic mass is 19.4. The van der Waals surface area contributed by atoms with Gasteiger partial charge in [0.25, 0.3) is 0 Å². The summed E-state index contributed by atoms with van der Waals surface area (Å²) in [7, 11) is 0. The van der Waals surface area contributed by atoms with E-state index < -0.39 is 17.8 Å². The number of hydrogen-bond acceptors (Lipinski definition) is 4. The van der Waals surface area contributed by atoms with Crippen molar-refractivity contribution in [3.8, 4) is 0 Å². The molecule has 4 nitrogen and oxygen atoms in total. The number of nitrogens with one attached hydrogen (secondary N) is 1. The summed E-state index contributed by atoms with van der Waals surface area (Å²) >= 11 is 0. The SMILES string of the molecule is CC(C)c1nc2cc(CNC[C@@H](O)C3CC3)cc(C(F)(F)F)c2o1. The van der Waals surface area contributed by atoms with Crippen LogP contribution in [0.4, 0.5) is 13.2 Å². The predicted molar refractivity (Wildman–Crippen MR) is 83.5 cm³/mol. The number of aliphatic hydroxyl groups excluding tert-OH is 1. The van der Waals surface area contributed by atoms with Gasteiger partial charge in [0.2, 0.25) is 0 Å². The number of alkyl halides is 3. The largest absolute Gasteiger partial charge is 0.440 e. The van der Waals surface area contributed by atoms with Crippen molar-refractivity contribution in [2.45, 2.75) is 51.4 Å². The minimum Gasteiger partial charge on any atom is -0.440 e. The van der Waals surface area contributed by atoms with Crippen molar-refractivity contribution in [1.82, 2.24) is 10.3 Å². The summed E-state index contributed by atoms with van der Waals surface area (Å²) < 4.78 is 45.3. The Hall–Kier alpha value is -1.60. The van der Waals surface area contributed by atoms with Crippen LogP contribution in [0.5, 0.6) is 0 Å². The number of rotatable bonds is 6. The van der Waals surface area contributed by atoms with Crippen molar-refractivity contribution in [2.75, 3.05) is 6.54 Å². The van der Waals surface area contributed by atoms with Gasteiger partial charge < -0.3 is 14.8 Å². The average Bonchev–Trinajstić information content (AvgIpc) is 3.24. The molecule has 0 spiro atoms. The molecular weight excluding hydrogens is 321 g/mol. The normalized spacial score (nSPS) is 17.0. The summed E-state index contributed by atoms with van der Waals surface area (Å²) in [4.78, 5) is 4.18. The number of nitrogens with zero attached hydrogens (tertiary/aromatic N) is 1. The third kappa shape index (κ3) is 3.72. The molecule has 7 heteroatoms. The zero-order valence-corrected chi connectivity index (χ0v) is 13.7. The van der Waals surface area contributed by atoms with Crippen LogP contribution < -0.4 is 5.32 Å². The summed E-state index contributed by atoms with van der Waals surface area (Å²) in [6.07, 6.45) is -2.90. The van der Waals surface area contributed by atoms with Crippen molar-refractivity contribution in [3.05, 3.63) is 29.2 Å². The van der Waals surface area contributed by atoms with E-state index in [2.05, 4.69) is 10.3 Å². The Balaban J connectivity index is 1.84. The molecule has 2 aromatic rings. The van der Waals surface area contributed by atoms with Gasteiger partial charge in [-0.15, -0.1) is 0 Å². The number of aliphatic hydroxyl groups is 1. The Morgan fingerprint density at radius 3 is 2.62 bits per heavy atom. The number of aromatic nitrogens is 1. The smallest absolute Gasteiger partial charge is 0.420 e. The highest BCUT2D eigenvalue weighted by Gasteiger charge is 2.35. The van der Waals surface area contributed by atoms with Gasteiger partial charge in [-0.2, -0.15) is 13.2 Å². The van der Waals surface area contributed by atoms with E-state index in [0.717, 1.165) is 18.9 Å². The van der Waals surface area contributed by atoms with E-state index in [1.807, 2.05) is 13.8 Å². The summed E-state index contributed by atoms with van der Waals surface area (Å²) in [5, 5.41) is 12.8. The van der Waals surface area contributed by atoms with Crippen LogP contribution >= 0.6 is 0 Å². The molecule has 0 saturated heterocycles. The highest BCUT2D eigenvalue weighted by molar-refractivity contribution is 5.78. The molecule has 0 amide bonds. The van der Waals surface area contributed by atoms with Gasteiger partial charge in [0.1, 0.15) is 11.1 Å². The number of hydrogen-bond donors (Lipinski definition) is 2. The molecule has 0 unspecified atom stereocenters. The molecular formula is C17H21F3N2O2. The zero-order chi connectivity index (χ0) is 17.5. The monoisotopic (exact) mass is 342 g/mol. The minimum atomic E-state index is -4.50. The lowest BCUT2D eigenvalue weighted by molar-refractivity contribution is -0.136. The second kappa shape index (κ2) is 6.37. The Kier molecular flexibility index (Phi) is 4.57. The van der Waals surface area contributed by atoms with Crippen LogP contribution in [0.2, 0.25) is 0 Å². The zero-order valence-electron chi connectivity index (χ0n) is 13.7. The lowest BCUT2D eigenvalue weighted by Crippen LogP contribution is -2.27. The molecule has 2 N–H and O–H groups in total. The van der Waals surface area contributed by atoms with Gasteiger partial charge in [0.15, 0.2) is 11.5 Å². The van der Waals surface area contributed by atoms with Gasteiger partial charge in [-0.1, -0.05) is 13.8 Å². The fourth-order valence-electron chi connectivity index (χ4n) is 2.68. The molecule has 132 valence electrons. The van der Waals surface area contributed by atoms with Gasteiger partial charge >= 0.3 is 6.18 Å². The lowest BCUT2D eigenvalue weighted by atomic mass is 10.1. The van der Waals surface area contributed by atoms with Gasteiger partial charge in [-0.25, -0.2) is 4.98 Å². The van der Waals surface area contributed by atoms with Crippen LogP contribution in [-0.2, 0) is 12.7 Å². The standard InChI is InChI=1S/C17H21F3N2O2/c1-9(2)16-22-13-6-10(7-21-8-14(23)11-3-4-11)5-12(15(13)24-16)17(18,19)20/h5-6,9,11,14,21,23H,3-4,7-8H2,1-2H3/t14-/m1/s1.